The second-order valence-corrected chi connectivity index (χ2v) is 5.61. The zero-order valence-corrected chi connectivity index (χ0v) is 13.8. The molecular formula is C14H24N6S. The van der Waals surface area contributed by atoms with Crippen molar-refractivity contribution in [2.45, 2.75) is 39.7 Å². The first kappa shape index (κ1) is 15.9. The van der Waals surface area contributed by atoms with E-state index in [1.54, 1.807) is 12.7 Å². The van der Waals surface area contributed by atoms with Gasteiger partial charge in [-0.2, -0.15) is 0 Å². The average Bonchev–Trinajstić information content (AvgIpc) is 2.88. The number of rotatable bonds is 8. The predicted octanol–water partition coefficient (Wildman–Crippen LogP) is 2.54. The summed E-state index contributed by atoms with van der Waals surface area (Å²) in [6.07, 6.45) is 5.65. The average molecular weight is 308 g/mol. The van der Waals surface area contributed by atoms with Gasteiger partial charge in [-0.1, -0.05) is 26.1 Å². The van der Waals surface area contributed by atoms with Crippen LogP contribution in [-0.2, 0) is 0 Å². The highest BCUT2D eigenvalue weighted by Gasteiger charge is 2.08. The standard InChI is InChI=1S/C14H24N6S/c1-4-19(5-2)8-6-7-11(3)18-20-10-17-12-13(20)15-9-16-14(12)21/h9-11,18H,4-8H2,1-3H3,(H,15,16,21). The number of imidazole rings is 1. The molecule has 0 aliphatic heterocycles. The van der Waals surface area contributed by atoms with Crippen LogP contribution in [0.25, 0.3) is 11.2 Å². The molecule has 0 saturated carbocycles. The molecule has 0 aromatic carbocycles. The van der Waals surface area contributed by atoms with Crippen LogP contribution in [0.3, 0.4) is 0 Å². The number of nitrogens with zero attached hydrogens (tertiary/aromatic N) is 4. The van der Waals surface area contributed by atoms with Crippen LogP contribution in [0.1, 0.15) is 33.6 Å². The lowest BCUT2D eigenvalue weighted by Crippen LogP contribution is -2.28. The fraction of sp³-hybridized carbons (Fsp3) is 0.643. The van der Waals surface area contributed by atoms with Gasteiger partial charge >= 0.3 is 0 Å². The third kappa shape index (κ3) is 4.01. The van der Waals surface area contributed by atoms with Crippen molar-refractivity contribution in [3.63, 3.8) is 0 Å². The summed E-state index contributed by atoms with van der Waals surface area (Å²) in [6, 6.07) is 0.369. The molecule has 0 spiro atoms. The second-order valence-electron chi connectivity index (χ2n) is 5.22. The van der Waals surface area contributed by atoms with Gasteiger partial charge < -0.3 is 15.3 Å². The highest BCUT2D eigenvalue weighted by molar-refractivity contribution is 7.71. The summed E-state index contributed by atoms with van der Waals surface area (Å²) < 4.78 is 2.42. The molecule has 0 bridgehead atoms. The van der Waals surface area contributed by atoms with Crippen LogP contribution in [0, 0.1) is 4.64 Å². The van der Waals surface area contributed by atoms with Crippen molar-refractivity contribution >= 4 is 23.4 Å². The van der Waals surface area contributed by atoms with Crippen LogP contribution < -0.4 is 5.43 Å². The van der Waals surface area contributed by atoms with E-state index in [-0.39, 0.29) is 0 Å². The zero-order valence-electron chi connectivity index (χ0n) is 13.0. The fourth-order valence-corrected chi connectivity index (χ4v) is 2.62. The molecule has 0 amide bonds. The van der Waals surface area contributed by atoms with Gasteiger partial charge in [-0.25, -0.2) is 14.6 Å². The van der Waals surface area contributed by atoms with E-state index >= 15 is 0 Å². The molecule has 2 heterocycles. The number of aromatic amines is 1. The molecule has 6 nitrogen and oxygen atoms in total. The summed E-state index contributed by atoms with van der Waals surface area (Å²) in [5, 5.41) is 0. The van der Waals surface area contributed by atoms with E-state index in [0.717, 1.165) is 37.2 Å². The van der Waals surface area contributed by atoms with E-state index in [4.69, 9.17) is 12.2 Å². The smallest absolute Gasteiger partial charge is 0.160 e. The van der Waals surface area contributed by atoms with Crippen LogP contribution in [0.15, 0.2) is 12.7 Å². The van der Waals surface area contributed by atoms with Gasteiger partial charge in [0, 0.05) is 6.04 Å². The maximum absolute atomic E-state index is 5.17. The molecule has 7 heteroatoms. The molecule has 0 aliphatic rings. The zero-order chi connectivity index (χ0) is 15.2. The quantitative estimate of drug-likeness (QED) is 0.734. The Labute approximate surface area is 130 Å². The highest BCUT2D eigenvalue weighted by Crippen LogP contribution is 2.09. The van der Waals surface area contributed by atoms with Crippen LogP contribution in [0.2, 0.25) is 0 Å². The number of aromatic nitrogens is 4. The lowest BCUT2D eigenvalue weighted by atomic mass is 10.2. The van der Waals surface area contributed by atoms with Crippen LogP contribution >= 0.6 is 12.2 Å². The Morgan fingerprint density at radius 3 is 2.86 bits per heavy atom. The van der Waals surface area contributed by atoms with Crippen LogP contribution in [0.4, 0.5) is 0 Å². The van der Waals surface area contributed by atoms with Crippen LogP contribution in [0.5, 0.6) is 0 Å². The Kier molecular flexibility index (Phi) is 5.69. The minimum Gasteiger partial charge on any atom is -0.329 e. The summed E-state index contributed by atoms with van der Waals surface area (Å²) in [6.45, 7) is 9.99. The van der Waals surface area contributed by atoms with Crippen LogP contribution in [-0.4, -0.2) is 50.2 Å². The normalized spacial score (nSPS) is 13.0. The third-order valence-electron chi connectivity index (χ3n) is 3.72. The Balaban J connectivity index is 1.91. The van der Waals surface area contributed by atoms with Gasteiger partial charge in [0.2, 0.25) is 0 Å². The van der Waals surface area contributed by atoms with Gasteiger partial charge in [0.05, 0.1) is 6.33 Å². The van der Waals surface area contributed by atoms with Gasteiger partial charge in [0.15, 0.2) is 10.3 Å². The Morgan fingerprint density at radius 2 is 2.14 bits per heavy atom. The second kappa shape index (κ2) is 7.51. The van der Waals surface area contributed by atoms with Gasteiger partial charge in [-0.05, 0) is 39.4 Å². The first-order valence-corrected chi connectivity index (χ1v) is 7.96. The SMILES string of the molecule is CCN(CC)CCCC(C)Nn1cnc2c(=S)nc[nH]c21. The van der Waals surface area contributed by atoms with E-state index < -0.39 is 0 Å². The summed E-state index contributed by atoms with van der Waals surface area (Å²) in [7, 11) is 0. The number of H-pyrrole nitrogens is 1. The van der Waals surface area contributed by atoms with Gasteiger partial charge in [0.1, 0.15) is 11.8 Å². The maximum atomic E-state index is 5.17. The number of fused-ring (bicyclic) bond motifs is 1. The molecule has 1 unspecified atom stereocenters. The summed E-state index contributed by atoms with van der Waals surface area (Å²) >= 11 is 5.17. The first-order valence-electron chi connectivity index (χ1n) is 7.55. The van der Waals surface area contributed by atoms with Crippen molar-refractivity contribution in [1.29, 1.82) is 0 Å². The lowest BCUT2D eigenvalue weighted by molar-refractivity contribution is 0.294. The summed E-state index contributed by atoms with van der Waals surface area (Å²) in [4.78, 5) is 13.9. The lowest BCUT2D eigenvalue weighted by Gasteiger charge is -2.20. The van der Waals surface area contributed by atoms with Crippen molar-refractivity contribution in [1.82, 2.24) is 24.5 Å². The van der Waals surface area contributed by atoms with Crippen molar-refractivity contribution in [2.24, 2.45) is 0 Å². The molecule has 2 rings (SSSR count). The van der Waals surface area contributed by atoms with Crippen molar-refractivity contribution in [3.05, 3.63) is 17.3 Å². The molecule has 2 aromatic heterocycles. The van der Waals surface area contributed by atoms with E-state index in [9.17, 15) is 0 Å². The van der Waals surface area contributed by atoms with Gasteiger partial charge in [-0.15, -0.1) is 0 Å². The molecule has 0 fully saturated rings. The molecular weight excluding hydrogens is 284 g/mol. The third-order valence-corrected chi connectivity index (χ3v) is 4.02. The maximum Gasteiger partial charge on any atom is 0.160 e. The Hall–Kier alpha value is -1.47. The van der Waals surface area contributed by atoms with Crippen molar-refractivity contribution in [2.75, 3.05) is 25.1 Å². The van der Waals surface area contributed by atoms with E-state index in [0.29, 0.717) is 10.7 Å². The molecule has 1 atom stereocenters. The topological polar surface area (TPSA) is 61.8 Å². The highest BCUT2D eigenvalue weighted by atomic mass is 32.1. The van der Waals surface area contributed by atoms with E-state index in [1.807, 2.05) is 4.68 Å². The largest absolute Gasteiger partial charge is 0.329 e. The molecule has 2 N–H and O–H groups in total. The first-order chi connectivity index (χ1) is 10.2. The number of hydrogen-bond acceptors (Lipinski definition) is 5. The Bertz CT molecular complexity index is 615. The summed E-state index contributed by atoms with van der Waals surface area (Å²) in [5.74, 6) is 0. The number of nitrogens with one attached hydrogen (secondary N) is 2. The number of hydrogen-bond donors (Lipinski definition) is 2. The minimum atomic E-state index is 0.369. The predicted molar refractivity (Wildman–Crippen MR) is 88.6 cm³/mol. The molecule has 2 aromatic rings. The monoisotopic (exact) mass is 308 g/mol. The summed E-state index contributed by atoms with van der Waals surface area (Å²) in [5.41, 5.74) is 5.03. The van der Waals surface area contributed by atoms with Gasteiger partial charge in [-0.3, -0.25) is 0 Å². The van der Waals surface area contributed by atoms with Crippen molar-refractivity contribution < 1.29 is 0 Å². The fourth-order valence-electron chi connectivity index (χ4n) is 2.42. The van der Waals surface area contributed by atoms with E-state index in [1.165, 1.54) is 6.42 Å². The van der Waals surface area contributed by atoms with Crippen molar-refractivity contribution in [3.8, 4) is 0 Å². The molecule has 21 heavy (non-hydrogen) atoms. The minimum absolute atomic E-state index is 0.369. The molecule has 0 saturated heterocycles. The molecule has 0 radical (unpaired) electrons. The van der Waals surface area contributed by atoms with E-state index in [2.05, 4.69) is 46.0 Å². The van der Waals surface area contributed by atoms with Gasteiger partial charge in [0.25, 0.3) is 0 Å². The Morgan fingerprint density at radius 1 is 1.38 bits per heavy atom. The molecule has 116 valence electrons. The molecule has 0 aliphatic carbocycles.